The first-order valence-corrected chi connectivity index (χ1v) is 7.31. The van der Waals surface area contributed by atoms with Gasteiger partial charge in [-0.25, -0.2) is 4.39 Å². The molecule has 1 aromatic heterocycles. The van der Waals surface area contributed by atoms with Crippen LogP contribution in [0.5, 0.6) is 0 Å². The summed E-state index contributed by atoms with van der Waals surface area (Å²) in [4.78, 5) is 3.79. The highest BCUT2D eigenvalue weighted by Crippen LogP contribution is 2.32. The Hall–Kier alpha value is -1.20. The maximum atomic E-state index is 13.2. The van der Waals surface area contributed by atoms with Gasteiger partial charge in [-0.05, 0) is 36.6 Å². The van der Waals surface area contributed by atoms with E-state index in [2.05, 4.69) is 10.3 Å². The summed E-state index contributed by atoms with van der Waals surface area (Å²) in [6.45, 7) is 0. The van der Waals surface area contributed by atoms with E-state index in [1.54, 1.807) is 0 Å². The Labute approximate surface area is 139 Å². The minimum Gasteiger partial charge on any atom is -0.387 e. The van der Waals surface area contributed by atoms with Crippen LogP contribution in [0.15, 0.2) is 42.7 Å². The van der Waals surface area contributed by atoms with Gasteiger partial charge in [-0.1, -0.05) is 23.7 Å². The predicted molar refractivity (Wildman–Crippen MR) is 86.8 cm³/mol. The van der Waals surface area contributed by atoms with E-state index >= 15 is 0 Å². The van der Waals surface area contributed by atoms with Crippen molar-refractivity contribution in [3.8, 4) is 0 Å². The molecule has 1 fully saturated rings. The zero-order chi connectivity index (χ0) is 14.8. The van der Waals surface area contributed by atoms with E-state index in [4.69, 9.17) is 11.6 Å². The zero-order valence-electron chi connectivity index (χ0n) is 11.7. The molecule has 2 aromatic rings. The highest BCUT2D eigenvalue weighted by molar-refractivity contribution is 6.30. The Bertz CT molecular complexity index is 624. The number of hydrogen-bond donors (Lipinski definition) is 2. The summed E-state index contributed by atoms with van der Waals surface area (Å²) in [6.07, 6.45) is 3.63. The average Bonchev–Trinajstić information content (AvgIpc) is 2.97. The molecule has 3 rings (SSSR count). The standard InChI is InChI=1S/C16H16ClFN2O.ClH/c17-12-3-1-10(2-4-12)14-5-6-15(20-14)16(21)11-7-13(18)9-19-8-11;/h1-4,7-9,14-16,20-21H,5-6H2;1H/t14-,15+,16-;/m0./s1. The molecule has 1 saturated heterocycles. The average molecular weight is 343 g/mol. The summed E-state index contributed by atoms with van der Waals surface area (Å²) < 4.78 is 13.2. The summed E-state index contributed by atoms with van der Waals surface area (Å²) in [6, 6.07) is 9.10. The maximum Gasteiger partial charge on any atom is 0.141 e. The van der Waals surface area contributed by atoms with Gasteiger partial charge in [0.25, 0.3) is 0 Å². The molecule has 6 heteroatoms. The van der Waals surface area contributed by atoms with E-state index in [0.29, 0.717) is 10.6 Å². The number of aliphatic hydroxyl groups excluding tert-OH is 1. The van der Waals surface area contributed by atoms with Crippen molar-refractivity contribution in [2.45, 2.75) is 31.0 Å². The van der Waals surface area contributed by atoms with Gasteiger partial charge in [-0.15, -0.1) is 12.4 Å². The molecule has 1 aliphatic rings. The van der Waals surface area contributed by atoms with Gasteiger partial charge in [0.05, 0.1) is 12.3 Å². The number of benzene rings is 1. The SMILES string of the molecule is Cl.O[C@@H](c1cncc(F)c1)[C@H]1CC[C@@H](c2ccc(Cl)cc2)N1. The zero-order valence-corrected chi connectivity index (χ0v) is 13.3. The van der Waals surface area contributed by atoms with Crippen molar-refractivity contribution in [2.75, 3.05) is 0 Å². The molecule has 0 bridgehead atoms. The molecular weight excluding hydrogens is 326 g/mol. The molecule has 1 aliphatic heterocycles. The van der Waals surface area contributed by atoms with E-state index in [0.717, 1.165) is 24.6 Å². The summed E-state index contributed by atoms with van der Waals surface area (Å²) in [5, 5.41) is 14.5. The lowest BCUT2D eigenvalue weighted by Gasteiger charge is -2.20. The molecule has 0 radical (unpaired) electrons. The first kappa shape index (κ1) is 17.2. The van der Waals surface area contributed by atoms with Crippen molar-refractivity contribution in [3.63, 3.8) is 0 Å². The monoisotopic (exact) mass is 342 g/mol. The normalized spacial score (nSPS) is 22.1. The summed E-state index contributed by atoms with van der Waals surface area (Å²) in [5.41, 5.74) is 1.65. The molecule has 2 heterocycles. The molecule has 3 atom stereocenters. The van der Waals surface area contributed by atoms with Crippen LogP contribution in [0.2, 0.25) is 5.02 Å². The topological polar surface area (TPSA) is 45.2 Å². The van der Waals surface area contributed by atoms with Crippen LogP contribution in [0.3, 0.4) is 0 Å². The van der Waals surface area contributed by atoms with Crippen LogP contribution in [0, 0.1) is 5.82 Å². The second-order valence-corrected chi connectivity index (χ2v) is 5.77. The molecule has 118 valence electrons. The molecule has 1 aromatic carbocycles. The Morgan fingerprint density at radius 1 is 1.23 bits per heavy atom. The number of hydrogen-bond acceptors (Lipinski definition) is 3. The third-order valence-corrected chi connectivity index (χ3v) is 4.15. The molecular formula is C16H17Cl2FN2O. The van der Waals surface area contributed by atoms with E-state index in [-0.39, 0.29) is 24.5 Å². The summed E-state index contributed by atoms with van der Waals surface area (Å²) in [5.74, 6) is -0.432. The fourth-order valence-corrected chi connectivity index (χ4v) is 2.93. The van der Waals surface area contributed by atoms with Crippen molar-refractivity contribution in [1.82, 2.24) is 10.3 Å². The van der Waals surface area contributed by atoms with E-state index in [9.17, 15) is 9.50 Å². The summed E-state index contributed by atoms with van der Waals surface area (Å²) in [7, 11) is 0. The number of aromatic nitrogens is 1. The third kappa shape index (κ3) is 3.76. The van der Waals surface area contributed by atoms with Gasteiger partial charge in [0, 0.05) is 28.9 Å². The van der Waals surface area contributed by atoms with E-state index < -0.39 is 11.9 Å². The number of pyridine rings is 1. The number of aliphatic hydroxyl groups is 1. The molecule has 0 spiro atoms. The number of nitrogens with one attached hydrogen (secondary N) is 1. The van der Waals surface area contributed by atoms with Crippen LogP contribution >= 0.6 is 24.0 Å². The van der Waals surface area contributed by atoms with Gasteiger partial charge in [0.2, 0.25) is 0 Å². The van der Waals surface area contributed by atoms with Crippen molar-refractivity contribution < 1.29 is 9.50 Å². The fourth-order valence-electron chi connectivity index (χ4n) is 2.80. The van der Waals surface area contributed by atoms with Crippen LogP contribution in [0.4, 0.5) is 4.39 Å². The number of nitrogens with zero attached hydrogens (tertiary/aromatic N) is 1. The largest absolute Gasteiger partial charge is 0.387 e. The van der Waals surface area contributed by atoms with Crippen LogP contribution in [0.1, 0.15) is 36.1 Å². The van der Waals surface area contributed by atoms with Crippen molar-refractivity contribution >= 4 is 24.0 Å². The van der Waals surface area contributed by atoms with Crippen LogP contribution < -0.4 is 5.32 Å². The molecule has 0 unspecified atom stereocenters. The quantitative estimate of drug-likeness (QED) is 0.891. The van der Waals surface area contributed by atoms with Gasteiger partial charge >= 0.3 is 0 Å². The van der Waals surface area contributed by atoms with Crippen molar-refractivity contribution in [3.05, 3.63) is 64.7 Å². The van der Waals surface area contributed by atoms with Crippen molar-refractivity contribution in [1.29, 1.82) is 0 Å². The van der Waals surface area contributed by atoms with Gasteiger partial charge in [0.1, 0.15) is 5.82 Å². The predicted octanol–water partition coefficient (Wildman–Crippen LogP) is 3.82. The lowest BCUT2D eigenvalue weighted by molar-refractivity contribution is 0.134. The molecule has 0 saturated carbocycles. The van der Waals surface area contributed by atoms with Gasteiger partial charge in [-0.3, -0.25) is 4.98 Å². The first-order chi connectivity index (χ1) is 10.1. The summed E-state index contributed by atoms with van der Waals surface area (Å²) >= 11 is 5.89. The molecule has 0 aliphatic carbocycles. The van der Waals surface area contributed by atoms with Gasteiger partial charge < -0.3 is 10.4 Å². The number of rotatable bonds is 3. The maximum absolute atomic E-state index is 13.2. The lowest BCUT2D eigenvalue weighted by atomic mass is 10.0. The van der Waals surface area contributed by atoms with Crippen LogP contribution in [-0.2, 0) is 0 Å². The van der Waals surface area contributed by atoms with Gasteiger partial charge in [-0.2, -0.15) is 0 Å². The lowest BCUT2D eigenvalue weighted by Crippen LogP contribution is -2.30. The second kappa shape index (κ2) is 7.38. The van der Waals surface area contributed by atoms with Gasteiger partial charge in [0.15, 0.2) is 0 Å². The Kier molecular flexibility index (Phi) is 5.75. The van der Waals surface area contributed by atoms with Crippen LogP contribution in [-0.4, -0.2) is 16.1 Å². The smallest absolute Gasteiger partial charge is 0.141 e. The Morgan fingerprint density at radius 3 is 2.64 bits per heavy atom. The Balaban J connectivity index is 0.00000176. The Morgan fingerprint density at radius 2 is 1.95 bits per heavy atom. The van der Waals surface area contributed by atoms with Crippen LogP contribution in [0.25, 0.3) is 0 Å². The van der Waals surface area contributed by atoms with E-state index in [1.807, 2.05) is 24.3 Å². The molecule has 3 nitrogen and oxygen atoms in total. The minimum atomic E-state index is -0.759. The highest BCUT2D eigenvalue weighted by Gasteiger charge is 2.30. The first-order valence-electron chi connectivity index (χ1n) is 6.93. The highest BCUT2D eigenvalue weighted by atomic mass is 35.5. The molecule has 22 heavy (non-hydrogen) atoms. The van der Waals surface area contributed by atoms with E-state index in [1.165, 1.54) is 12.3 Å². The molecule has 0 amide bonds. The minimum absolute atomic E-state index is 0. The fraction of sp³-hybridized carbons (Fsp3) is 0.312. The number of halogens is 3. The second-order valence-electron chi connectivity index (χ2n) is 5.34. The van der Waals surface area contributed by atoms with Crippen molar-refractivity contribution in [2.24, 2.45) is 0 Å². The molecule has 2 N–H and O–H groups in total. The third-order valence-electron chi connectivity index (χ3n) is 3.90.